The third-order valence-corrected chi connectivity index (χ3v) is 4.70. The molecule has 2 nitrogen and oxygen atoms in total. The molecule has 2 atom stereocenters. The zero-order valence-electron chi connectivity index (χ0n) is 9.75. The van der Waals surface area contributed by atoms with Gasteiger partial charge in [0.05, 0.1) is 0 Å². The molecule has 0 aromatic carbocycles. The molecule has 3 aliphatic rings. The maximum atomic E-state index is 3.71. The summed E-state index contributed by atoms with van der Waals surface area (Å²) in [6, 6.07) is 2.66. The van der Waals surface area contributed by atoms with Crippen LogP contribution < -0.4 is 5.32 Å². The van der Waals surface area contributed by atoms with Gasteiger partial charge in [-0.25, -0.2) is 0 Å². The minimum Gasteiger partial charge on any atom is -0.312 e. The Morgan fingerprint density at radius 1 is 0.867 bits per heavy atom. The van der Waals surface area contributed by atoms with Gasteiger partial charge in [0.2, 0.25) is 0 Å². The number of rotatable bonds is 2. The van der Waals surface area contributed by atoms with E-state index in [1.54, 1.807) is 0 Å². The first-order valence-electron chi connectivity index (χ1n) is 6.94. The van der Waals surface area contributed by atoms with Crippen molar-refractivity contribution in [3.8, 4) is 0 Å². The highest BCUT2D eigenvalue weighted by Gasteiger charge is 2.37. The maximum Gasteiger partial charge on any atom is 0.0252 e. The highest BCUT2D eigenvalue weighted by Crippen LogP contribution is 2.32. The number of nitrogens with one attached hydrogen (secondary N) is 1. The van der Waals surface area contributed by atoms with Crippen LogP contribution in [0, 0.1) is 0 Å². The fourth-order valence-corrected chi connectivity index (χ4v) is 3.98. The quantitative estimate of drug-likeness (QED) is 0.748. The summed E-state index contributed by atoms with van der Waals surface area (Å²) in [5, 5.41) is 3.71. The summed E-state index contributed by atoms with van der Waals surface area (Å²) in [7, 11) is 0. The Morgan fingerprint density at radius 2 is 1.73 bits per heavy atom. The van der Waals surface area contributed by atoms with Crippen molar-refractivity contribution >= 4 is 0 Å². The van der Waals surface area contributed by atoms with Gasteiger partial charge in [-0.2, -0.15) is 0 Å². The molecular formula is C13H24N2. The molecule has 2 aliphatic heterocycles. The van der Waals surface area contributed by atoms with Gasteiger partial charge in [-0.05, 0) is 51.6 Å². The molecule has 2 unspecified atom stereocenters. The van der Waals surface area contributed by atoms with Gasteiger partial charge in [-0.3, -0.25) is 4.90 Å². The largest absolute Gasteiger partial charge is 0.312 e. The van der Waals surface area contributed by atoms with Crippen molar-refractivity contribution in [1.29, 1.82) is 0 Å². The van der Waals surface area contributed by atoms with Crippen LogP contribution in [0.4, 0.5) is 0 Å². The molecule has 2 heteroatoms. The number of likely N-dealkylation sites (tertiary alicyclic amines) is 1. The van der Waals surface area contributed by atoms with Gasteiger partial charge in [0, 0.05) is 18.1 Å². The van der Waals surface area contributed by atoms with E-state index in [2.05, 4.69) is 10.2 Å². The zero-order chi connectivity index (χ0) is 10.1. The molecule has 0 aromatic heterocycles. The Balaban J connectivity index is 1.65. The molecule has 3 fully saturated rings. The molecule has 0 bridgehead atoms. The SMILES string of the molecule is C1CNC(C2CCCN2C2CCCC2)C1. The number of nitrogens with zero attached hydrogens (tertiary/aromatic N) is 1. The molecule has 0 spiro atoms. The first kappa shape index (κ1) is 10.1. The standard InChI is InChI=1S/C13H24N2/c1-2-6-11(5-1)15-10-4-8-13(15)12-7-3-9-14-12/h11-14H,1-10H2. The van der Waals surface area contributed by atoms with E-state index in [1.165, 1.54) is 64.5 Å². The van der Waals surface area contributed by atoms with E-state index in [1.807, 2.05) is 0 Å². The van der Waals surface area contributed by atoms with Crippen LogP contribution in [-0.4, -0.2) is 36.1 Å². The monoisotopic (exact) mass is 208 g/mol. The second kappa shape index (κ2) is 4.42. The molecule has 0 amide bonds. The summed E-state index contributed by atoms with van der Waals surface area (Å²) in [6.07, 6.45) is 11.6. The number of hydrogen-bond donors (Lipinski definition) is 1. The van der Waals surface area contributed by atoms with Crippen molar-refractivity contribution in [3.63, 3.8) is 0 Å². The third kappa shape index (κ3) is 1.94. The lowest BCUT2D eigenvalue weighted by atomic mass is 10.0. The predicted octanol–water partition coefficient (Wildman–Crippen LogP) is 2.15. The molecule has 1 N–H and O–H groups in total. The van der Waals surface area contributed by atoms with Gasteiger partial charge >= 0.3 is 0 Å². The van der Waals surface area contributed by atoms with Crippen LogP contribution in [-0.2, 0) is 0 Å². The van der Waals surface area contributed by atoms with Crippen LogP contribution >= 0.6 is 0 Å². The van der Waals surface area contributed by atoms with Crippen molar-refractivity contribution in [1.82, 2.24) is 10.2 Å². The Hall–Kier alpha value is -0.0800. The van der Waals surface area contributed by atoms with Crippen molar-refractivity contribution in [2.45, 2.75) is 69.5 Å². The van der Waals surface area contributed by atoms with Gasteiger partial charge in [0.1, 0.15) is 0 Å². The normalized spacial score (nSPS) is 39.2. The first-order valence-corrected chi connectivity index (χ1v) is 6.94. The van der Waals surface area contributed by atoms with E-state index in [9.17, 15) is 0 Å². The Bertz CT molecular complexity index is 183. The highest BCUT2D eigenvalue weighted by molar-refractivity contribution is 4.95. The third-order valence-electron chi connectivity index (χ3n) is 4.70. The van der Waals surface area contributed by atoms with Crippen LogP contribution in [0.1, 0.15) is 51.4 Å². The lowest BCUT2D eigenvalue weighted by Crippen LogP contribution is -2.47. The van der Waals surface area contributed by atoms with Gasteiger partial charge in [-0.1, -0.05) is 12.8 Å². The molecule has 3 rings (SSSR count). The summed E-state index contributed by atoms with van der Waals surface area (Å²) in [6.45, 7) is 2.65. The summed E-state index contributed by atoms with van der Waals surface area (Å²) in [4.78, 5) is 2.86. The van der Waals surface area contributed by atoms with E-state index in [-0.39, 0.29) is 0 Å². The minimum atomic E-state index is 0.827. The lowest BCUT2D eigenvalue weighted by Gasteiger charge is -2.34. The minimum absolute atomic E-state index is 0.827. The summed E-state index contributed by atoms with van der Waals surface area (Å²) in [5.74, 6) is 0. The van der Waals surface area contributed by atoms with Crippen LogP contribution in [0.3, 0.4) is 0 Å². The van der Waals surface area contributed by atoms with Crippen molar-refractivity contribution < 1.29 is 0 Å². The molecule has 86 valence electrons. The molecule has 1 aliphatic carbocycles. The van der Waals surface area contributed by atoms with E-state index < -0.39 is 0 Å². The molecule has 1 saturated carbocycles. The van der Waals surface area contributed by atoms with Crippen LogP contribution in [0.25, 0.3) is 0 Å². The topological polar surface area (TPSA) is 15.3 Å². The van der Waals surface area contributed by atoms with Crippen LogP contribution in [0.15, 0.2) is 0 Å². The molecule has 2 saturated heterocycles. The van der Waals surface area contributed by atoms with Gasteiger partial charge in [0.15, 0.2) is 0 Å². The van der Waals surface area contributed by atoms with Crippen LogP contribution in [0.2, 0.25) is 0 Å². The smallest absolute Gasteiger partial charge is 0.0252 e. The van der Waals surface area contributed by atoms with Crippen molar-refractivity contribution in [2.75, 3.05) is 13.1 Å². The summed E-state index contributed by atoms with van der Waals surface area (Å²) >= 11 is 0. The molecule has 0 radical (unpaired) electrons. The number of hydrogen-bond acceptors (Lipinski definition) is 2. The predicted molar refractivity (Wildman–Crippen MR) is 63.0 cm³/mol. The second-order valence-corrected chi connectivity index (χ2v) is 5.59. The van der Waals surface area contributed by atoms with E-state index in [0.717, 1.165) is 18.1 Å². The molecule has 0 aromatic rings. The maximum absolute atomic E-state index is 3.71. The fraction of sp³-hybridized carbons (Fsp3) is 1.00. The molecule has 2 heterocycles. The molecular weight excluding hydrogens is 184 g/mol. The van der Waals surface area contributed by atoms with Gasteiger partial charge in [-0.15, -0.1) is 0 Å². The fourth-order valence-electron chi connectivity index (χ4n) is 3.98. The zero-order valence-corrected chi connectivity index (χ0v) is 9.75. The first-order chi connectivity index (χ1) is 7.45. The van der Waals surface area contributed by atoms with Gasteiger partial charge in [0.25, 0.3) is 0 Å². The average molecular weight is 208 g/mol. The van der Waals surface area contributed by atoms with E-state index >= 15 is 0 Å². The Kier molecular flexibility index (Phi) is 2.98. The Morgan fingerprint density at radius 3 is 2.47 bits per heavy atom. The van der Waals surface area contributed by atoms with E-state index in [0.29, 0.717) is 0 Å². The van der Waals surface area contributed by atoms with Crippen LogP contribution in [0.5, 0.6) is 0 Å². The van der Waals surface area contributed by atoms with Gasteiger partial charge < -0.3 is 5.32 Å². The summed E-state index contributed by atoms with van der Waals surface area (Å²) in [5.41, 5.74) is 0. The lowest BCUT2D eigenvalue weighted by molar-refractivity contribution is 0.154. The van der Waals surface area contributed by atoms with Crippen molar-refractivity contribution in [2.24, 2.45) is 0 Å². The second-order valence-electron chi connectivity index (χ2n) is 5.59. The van der Waals surface area contributed by atoms with Crippen molar-refractivity contribution in [3.05, 3.63) is 0 Å². The Labute approximate surface area is 93.4 Å². The van der Waals surface area contributed by atoms with E-state index in [4.69, 9.17) is 0 Å². The average Bonchev–Trinajstić information content (AvgIpc) is 3.01. The molecule has 15 heavy (non-hydrogen) atoms. The summed E-state index contributed by atoms with van der Waals surface area (Å²) < 4.78 is 0. The highest BCUT2D eigenvalue weighted by atomic mass is 15.2.